The molecule has 0 heterocycles. The molecule has 0 aliphatic carbocycles. The molecule has 0 saturated carbocycles. The lowest BCUT2D eigenvalue weighted by molar-refractivity contribution is 0.0697. The summed E-state index contributed by atoms with van der Waals surface area (Å²) in [6.07, 6.45) is 0. The number of rotatable bonds is 4. The lowest BCUT2D eigenvalue weighted by atomic mass is 10.00. The third kappa shape index (κ3) is 3.53. The fraction of sp³-hybridized carbons (Fsp3) is 0. The van der Waals surface area contributed by atoms with Gasteiger partial charge in [-0.1, -0.05) is 53.5 Å². The van der Waals surface area contributed by atoms with Gasteiger partial charge in [0.15, 0.2) is 0 Å². The molecule has 0 unspecified atom stereocenters. The van der Waals surface area contributed by atoms with Crippen molar-refractivity contribution in [3.8, 4) is 22.6 Å². The monoisotopic (exact) mass is 358 g/mol. The molecule has 24 heavy (non-hydrogen) atoms. The van der Waals surface area contributed by atoms with E-state index < -0.39 is 5.97 Å². The van der Waals surface area contributed by atoms with E-state index in [9.17, 15) is 9.90 Å². The zero-order chi connectivity index (χ0) is 17.1. The summed E-state index contributed by atoms with van der Waals surface area (Å²) >= 11 is 12.0. The number of carboxylic acid groups (broad SMARTS) is 1. The number of aromatic carboxylic acids is 1. The molecule has 0 amide bonds. The van der Waals surface area contributed by atoms with Crippen LogP contribution in [0.5, 0.6) is 11.5 Å². The highest BCUT2D eigenvalue weighted by molar-refractivity contribution is 6.34. The number of halogens is 2. The second-order valence-electron chi connectivity index (χ2n) is 5.05. The maximum absolute atomic E-state index is 11.3. The van der Waals surface area contributed by atoms with Crippen molar-refractivity contribution in [1.29, 1.82) is 0 Å². The molecular weight excluding hydrogens is 347 g/mol. The standard InChI is InChI=1S/C19H12Cl2O3/c20-13-7-10-17(21)18(11-13)24-14-8-5-12(6-9-14)15-3-1-2-4-16(15)19(22)23/h1-11H,(H,22,23). The number of benzene rings is 3. The number of carbonyl (C=O) groups is 1. The van der Waals surface area contributed by atoms with Crippen LogP contribution >= 0.6 is 23.2 Å². The maximum Gasteiger partial charge on any atom is 0.336 e. The molecule has 3 nitrogen and oxygen atoms in total. The summed E-state index contributed by atoms with van der Waals surface area (Å²) in [6.45, 7) is 0. The van der Waals surface area contributed by atoms with Crippen molar-refractivity contribution >= 4 is 29.2 Å². The Bertz CT molecular complexity index is 889. The summed E-state index contributed by atoms with van der Waals surface area (Å²) in [7, 11) is 0. The van der Waals surface area contributed by atoms with Gasteiger partial charge < -0.3 is 9.84 Å². The Morgan fingerprint density at radius 1 is 0.917 bits per heavy atom. The van der Waals surface area contributed by atoms with Crippen molar-refractivity contribution in [2.24, 2.45) is 0 Å². The first-order valence-electron chi connectivity index (χ1n) is 7.10. The van der Waals surface area contributed by atoms with E-state index in [0.29, 0.717) is 27.1 Å². The zero-order valence-electron chi connectivity index (χ0n) is 12.4. The van der Waals surface area contributed by atoms with Crippen molar-refractivity contribution in [3.63, 3.8) is 0 Å². The summed E-state index contributed by atoms with van der Waals surface area (Å²) in [6, 6.07) is 18.9. The minimum Gasteiger partial charge on any atom is -0.478 e. The van der Waals surface area contributed by atoms with Gasteiger partial charge in [-0.25, -0.2) is 4.79 Å². The second-order valence-corrected chi connectivity index (χ2v) is 5.90. The molecule has 0 bridgehead atoms. The lowest BCUT2D eigenvalue weighted by Crippen LogP contribution is -1.98. The molecule has 0 radical (unpaired) electrons. The molecule has 1 N–H and O–H groups in total. The normalized spacial score (nSPS) is 10.4. The molecule has 5 heteroatoms. The van der Waals surface area contributed by atoms with Crippen molar-refractivity contribution in [2.75, 3.05) is 0 Å². The highest BCUT2D eigenvalue weighted by Gasteiger charge is 2.11. The maximum atomic E-state index is 11.3. The predicted octanol–water partition coefficient (Wildman–Crippen LogP) is 6.15. The lowest BCUT2D eigenvalue weighted by Gasteiger charge is -2.10. The molecule has 0 saturated heterocycles. The number of carboxylic acids is 1. The highest BCUT2D eigenvalue weighted by Crippen LogP contribution is 2.33. The minimum absolute atomic E-state index is 0.254. The molecule has 3 aromatic carbocycles. The van der Waals surface area contributed by atoms with Gasteiger partial charge in [0.05, 0.1) is 10.6 Å². The minimum atomic E-state index is -0.961. The van der Waals surface area contributed by atoms with Crippen LogP contribution in [-0.2, 0) is 0 Å². The van der Waals surface area contributed by atoms with E-state index in [0.717, 1.165) is 5.56 Å². The molecule has 0 aliphatic heterocycles. The van der Waals surface area contributed by atoms with E-state index in [1.807, 2.05) is 0 Å². The first kappa shape index (κ1) is 16.4. The first-order chi connectivity index (χ1) is 11.5. The van der Waals surface area contributed by atoms with Crippen LogP contribution in [0.25, 0.3) is 11.1 Å². The molecule has 0 fully saturated rings. The molecule has 0 spiro atoms. The van der Waals surface area contributed by atoms with Gasteiger partial charge in [-0.05, 0) is 41.5 Å². The third-order valence-corrected chi connectivity index (χ3v) is 3.99. The summed E-state index contributed by atoms with van der Waals surface area (Å²) in [5.41, 5.74) is 1.69. The molecule has 3 rings (SSSR count). The average Bonchev–Trinajstić information content (AvgIpc) is 2.59. The molecule has 3 aromatic rings. The molecular formula is C19H12Cl2O3. The van der Waals surface area contributed by atoms with Crippen LogP contribution in [0.2, 0.25) is 10.0 Å². The van der Waals surface area contributed by atoms with Crippen molar-refractivity contribution in [2.45, 2.75) is 0 Å². The molecule has 120 valence electrons. The van der Waals surface area contributed by atoms with E-state index >= 15 is 0 Å². The van der Waals surface area contributed by atoms with Crippen LogP contribution in [0, 0.1) is 0 Å². The Balaban J connectivity index is 1.89. The van der Waals surface area contributed by atoms with Crippen molar-refractivity contribution in [3.05, 3.63) is 82.3 Å². The van der Waals surface area contributed by atoms with E-state index in [1.54, 1.807) is 66.7 Å². The van der Waals surface area contributed by atoms with E-state index in [-0.39, 0.29) is 5.56 Å². The molecule has 0 atom stereocenters. The van der Waals surface area contributed by atoms with Crippen molar-refractivity contribution in [1.82, 2.24) is 0 Å². The Kier molecular flexibility index (Phi) is 4.74. The van der Waals surface area contributed by atoms with Crippen LogP contribution in [-0.4, -0.2) is 11.1 Å². The van der Waals surface area contributed by atoms with Gasteiger partial charge in [0.25, 0.3) is 0 Å². The summed E-state index contributed by atoms with van der Waals surface area (Å²) < 4.78 is 5.73. The number of hydrogen-bond acceptors (Lipinski definition) is 2. The van der Waals surface area contributed by atoms with E-state index in [1.165, 1.54) is 0 Å². The number of hydrogen-bond donors (Lipinski definition) is 1. The Hall–Kier alpha value is -2.49. The Labute approximate surface area is 149 Å². The van der Waals surface area contributed by atoms with Crippen LogP contribution in [0.4, 0.5) is 0 Å². The van der Waals surface area contributed by atoms with E-state index in [2.05, 4.69) is 0 Å². The molecule has 0 aliphatic rings. The van der Waals surface area contributed by atoms with Crippen molar-refractivity contribution < 1.29 is 14.6 Å². The second kappa shape index (κ2) is 6.95. The fourth-order valence-corrected chi connectivity index (χ4v) is 2.62. The Morgan fingerprint density at radius 2 is 1.62 bits per heavy atom. The van der Waals surface area contributed by atoms with Gasteiger partial charge in [0, 0.05) is 11.1 Å². The topological polar surface area (TPSA) is 46.5 Å². The summed E-state index contributed by atoms with van der Waals surface area (Å²) in [5.74, 6) is 0.0789. The summed E-state index contributed by atoms with van der Waals surface area (Å²) in [5, 5.41) is 10.3. The van der Waals surface area contributed by atoms with Crippen LogP contribution in [0.3, 0.4) is 0 Å². The predicted molar refractivity (Wildman–Crippen MR) is 95.4 cm³/mol. The fourth-order valence-electron chi connectivity index (χ4n) is 2.31. The zero-order valence-corrected chi connectivity index (χ0v) is 13.9. The smallest absolute Gasteiger partial charge is 0.336 e. The third-order valence-electron chi connectivity index (χ3n) is 3.44. The van der Waals surface area contributed by atoms with Gasteiger partial charge in [0.2, 0.25) is 0 Å². The Morgan fingerprint density at radius 3 is 2.33 bits per heavy atom. The van der Waals surface area contributed by atoms with Crippen LogP contribution in [0.15, 0.2) is 66.7 Å². The van der Waals surface area contributed by atoms with Crippen LogP contribution < -0.4 is 4.74 Å². The number of ether oxygens (including phenoxy) is 1. The van der Waals surface area contributed by atoms with Crippen LogP contribution in [0.1, 0.15) is 10.4 Å². The van der Waals surface area contributed by atoms with Gasteiger partial charge in [-0.3, -0.25) is 0 Å². The highest BCUT2D eigenvalue weighted by atomic mass is 35.5. The van der Waals surface area contributed by atoms with Gasteiger partial charge in [0.1, 0.15) is 11.5 Å². The van der Waals surface area contributed by atoms with Gasteiger partial charge in [-0.2, -0.15) is 0 Å². The van der Waals surface area contributed by atoms with Gasteiger partial charge >= 0.3 is 5.97 Å². The summed E-state index contributed by atoms with van der Waals surface area (Å²) in [4.78, 5) is 11.3. The quantitative estimate of drug-likeness (QED) is 0.608. The first-order valence-corrected chi connectivity index (χ1v) is 7.86. The average molecular weight is 359 g/mol. The van der Waals surface area contributed by atoms with E-state index in [4.69, 9.17) is 27.9 Å². The largest absolute Gasteiger partial charge is 0.478 e. The van der Waals surface area contributed by atoms with Gasteiger partial charge in [-0.15, -0.1) is 0 Å². The molecule has 0 aromatic heterocycles. The SMILES string of the molecule is O=C(O)c1ccccc1-c1ccc(Oc2cc(Cl)ccc2Cl)cc1.